The van der Waals surface area contributed by atoms with Gasteiger partial charge in [-0.05, 0) is 18.3 Å². The summed E-state index contributed by atoms with van der Waals surface area (Å²) in [6, 6.07) is 0. The summed E-state index contributed by atoms with van der Waals surface area (Å²) in [7, 11) is 0. The molecule has 139 valence electrons. The Morgan fingerprint density at radius 1 is 0.522 bits per heavy atom. The van der Waals surface area contributed by atoms with Crippen LogP contribution in [0.25, 0.3) is 0 Å². The second kappa shape index (κ2) is 18.3. The van der Waals surface area contributed by atoms with Gasteiger partial charge in [0, 0.05) is 0 Å². The van der Waals surface area contributed by atoms with Gasteiger partial charge in [0.1, 0.15) is 0 Å². The summed E-state index contributed by atoms with van der Waals surface area (Å²) < 4.78 is 0. The van der Waals surface area contributed by atoms with Crippen molar-refractivity contribution in [3.8, 4) is 0 Å². The fourth-order valence-electron chi connectivity index (χ4n) is 3.63. The lowest BCUT2D eigenvalue weighted by molar-refractivity contribution is 0.398. The van der Waals surface area contributed by atoms with E-state index in [1.54, 1.807) is 0 Å². The minimum atomic E-state index is 0.832. The van der Waals surface area contributed by atoms with Gasteiger partial charge in [-0.25, -0.2) is 0 Å². The van der Waals surface area contributed by atoms with Gasteiger partial charge in [-0.1, -0.05) is 130 Å². The lowest BCUT2D eigenvalue weighted by atomic mass is 9.85. The fourth-order valence-corrected chi connectivity index (χ4v) is 3.63. The van der Waals surface area contributed by atoms with E-state index >= 15 is 0 Å². The standard InChI is InChI=1S/C23H47/c1-5-8-11-14-15-18-22(4)21-23(19-16-12-9-6-2)20-17-13-10-7-3/h21-23H,5-20H2,1-4H3. The van der Waals surface area contributed by atoms with Gasteiger partial charge < -0.3 is 0 Å². The lowest BCUT2D eigenvalue weighted by Gasteiger charge is -2.21. The van der Waals surface area contributed by atoms with Gasteiger partial charge in [0.05, 0.1) is 0 Å². The van der Waals surface area contributed by atoms with Crippen LogP contribution in [-0.2, 0) is 0 Å². The molecule has 1 radical (unpaired) electrons. The summed E-state index contributed by atoms with van der Waals surface area (Å²) in [5, 5.41) is 0. The summed E-state index contributed by atoms with van der Waals surface area (Å²) >= 11 is 0. The highest BCUT2D eigenvalue weighted by Crippen LogP contribution is 2.26. The summed E-state index contributed by atoms with van der Waals surface area (Å²) in [5.74, 6) is 1.73. The van der Waals surface area contributed by atoms with Crippen molar-refractivity contribution in [3.63, 3.8) is 0 Å². The molecule has 0 bridgehead atoms. The third kappa shape index (κ3) is 16.6. The van der Waals surface area contributed by atoms with E-state index in [0.29, 0.717) is 0 Å². The fraction of sp³-hybridized carbons (Fsp3) is 0.957. The van der Waals surface area contributed by atoms with E-state index in [2.05, 4.69) is 34.1 Å². The second-order valence-electron chi connectivity index (χ2n) is 7.83. The normalized spacial score (nSPS) is 12.9. The van der Waals surface area contributed by atoms with E-state index in [4.69, 9.17) is 0 Å². The van der Waals surface area contributed by atoms with Crippen LogP contribution in [0.4, 0.5) is 0 Å². The van der Waals surface area contributed by atoms with Crippen LogP contribution >= 0.6 is 0 Å². The number of hydrogen-bond donors (Lipinski definition) is 0. The SMILES string of the molecule is CCCCCCCC(C)[CH]C(CCCCCC)CCCCCC. The Bertz CT molecular complexity index is 196. The molecular weight excluding hydrogens is 276 g/mol. The van der Waals surface area contributed by atoms with Crippen molar-refractivity contribution in [2.75, 3.05) is 0 Å². The molecule has 0 heterocycles. The molecule has 0 aromatic carbocycles. The van der Waals surface area contributed by atoms with Crippen LogP contribution in [0.15, 0.2) is 0 Å². The molecular formula is C23H47. The highest BCUT2D eigenvalue weighted by atomic mass is 14.2. The van der Waals surface area contributed by atoms with Crippen molar-refractivity contribution >= 4 is 0 Å². The Morgan fingerprint density at radius 3 is 1.39 bits per heavy atom. The highest BCUT2D eigenvalue weighted by molar-refractivity contribution is 4.81. The van der Waals surface area contributed by atoms with Crippen LogP contribution in [0.1, 0.15) is 130 Å². The maximum absolute atomic E-state index is 2.73. The van der Waals surface area contributed by atoms with Crippen LogP contribution in [0.3, 0.4) is 0 Å². The Kier molecular flexibility index (Phi) is 18.3. The highest BCUT2D eigenvalue weighted by Gasteiger charge is 2.13. The first-order chi connectivity index (χ1) is 11.2. The topological polar surface area (TPSA) is 0 Å². The Hall–Kier alpha value is 0. The molecule has 0 spiro atoms. The first-order valence-electron chi connectivity index (χ1n) is 11.1. The van der Waals surface area contributed by atoms with Gasteiger partial charge in [-0.3, -0.25) is 0 Å². The molecule has 0 aliphatic rings. The van der Waals surface area contributed by atoms with Crippen LogP contribution in [-0.4, -0.2) is 0 Å². The van der Waals surface area contributed by atoms with Crippen molar-refractivity contribution in [2.24, 2.45) is 11.8 Å². The van der Waals surface area contributed by atoms with Gasteiger partial charge in [0.2, 0.25) is 0 Å². The van der Waals surface area contributed by atoms with E-state index in [1.165, 1.54) is 103 Å². The van der Waals surface area contributed by atoms with E-state index in [-0.39, 0.29) is 0 Å². The quantitative estimate of drug-likeness (QED) is 0.221. The Balaban J connectivity index is 3.90. The Labute approximate surface area is 149 Å². The van der Waals surface area contributed by atoms with Crippen molar-refractivity contribution in [3.05, 3.63) is 6.42 Å². The Morgan fingerprint density at radius 2 is 0.913 bits per heavy atom. The molecule has 23 heavy (non-hydrogen) atoms. The third-order valence-electron chi connectivity index (χ3n) is 5.22. The van der Waals surface area contributed by atoms with Gasteiger partial charge in [0.15, 0.2) is 0 Å². The van der Waals surface area contributed by atoms with E-state index < -0.39 is 0 Å². The summed E-state index contributed by atoms with van der Waals surface area (Å²) in [4.78, 5) is 0. The average Bonchev–Trinajstić information content (AvgIpc) is 2.55. The van der Waals surface area contributed by atoms with Gasteiger partial charge in [-0.15, -0.1) is 0 Å². The molecule has 1 atom stereocenters. The maximum Gasteiger partial charge on any atom is -0.0326 e. The molecule has 0 fully saturated rings. The lowest BCUT2D eigenvalue weighted by Crippen LogP contribution is -2.08. The number of hydrogen-bond acceptors (Lipinski definition) is 0. The van der Waals surface area contributed by atoms with Gasteiger partial charge in [0.25, 0.3) is 0 Å². The monoisotopic (exact) mass is 323 g/mol. The number of rotatable bonds is 18. The maximum atomic E-state index is 2.73. The molecule has 1 unspecified atom stereocenters. The average molecular weight is 324 g/mol. The van der Waals surface area contributed by atoms with E-state index in [0.717, 1.165) is 11.8 Å². The van der Waals surface area contributed by atoms with Gasteiger partial charge >= 0.3 is 0 Å². The largest absolute Gasteiger partial charge is 0.0654 e. The van der Waals surface area contributed by atoms with Crippen LogP contribution in [0, 0.1) is 18.3 Å². The molecule has 0 aliphatic heterocycles. The predicted molar refractivity (Wildman–Crippen MR) is 108 cm³/mol. The smallest absolute Gasteiger partial charge is 0.0326 e. The molecule has 0 amide bonds. The molecule has 0 saturated carbocycles. The van der Waals surface area contributed by atoms with Gasteiger partial charge in [-0.2, -0.15) is 0 Å². The van der Waals surface area contributed by atoms with Crippen molar-refractivity contribution < 1.29 is 0 Å². The van der Waals surface area contributed by atoms with Crippen molar-refractivity contribution in [2.45, 2.75) is 130 Å². The number of unbranched alkanes of at least 4 members (excludes halogenated alkanes) is 10. The summed E-state index contributed by atoms with van der Waals surface area (Å²) in [6.45, 7) is 9.40. The predicted octanol–water partition coefficient (Wildman–Crippen LogP) is 8.74. The zero-order valence-corrected chi connectivity index (χ0v) is 17.0. The zero-order valence-electron chi connectivity index (χ0n) is 17.0. The van der Waals surface area contributed by atoms with Crippen molar-refractivity contribution in [1.82, 2.24) is 0 Å². The molecule has 0 rings (SSSR count). The van der Waals surface area contributed by atoms with Crippen LogP contribution in [0.5, 0.6) is 0 Å². The summed E-state index contributed by atoms with van der Waals surface area (Å²) in [6.07, 6.45) is 25.5. The first-order valence-corrected chi connectivity index (χ1v) is 11.1. The molecule has 0 saturated heterocycles. The zero-order chi connectivity index (χ0) is 17.2. The van der Waals surface area contributed by atoms with E-state index in [1.807, 2.05) is 0 Å². The summed E-state index contributed by atoms with van der Waals surface area (Å²) in [5.41, 5.74) is 0. The minimum Gasteiger partial charge on any atom is -0.0654 e. The van der Waals surface area contributed by atoms with Crippen LogP contribution < -0.4 is 0 Å². The molecule has 0 aromatic rings. The second-order valence-corrected chi connectivity index (χ2v) is 7.83. The third-order valence-corrected chi connectivity index (χ3v) is 5.22. The molecule has 0 aromatic heterocycles. The molecule has 0 heteroatoms. The van der Waals surface area contributed by atoms with Crippen molar-refractivity contribution in [1.29, 1.82) is 0 Å². The minimum absolute atomic E-state index is 0.832. The molecule has 0 nitrogen and oxygen atoms in total. The van der Waals surface area contributed by atoms with Crippen LogP contribution in [0.2, 0.25) is 0 Å². The molecule has 0 N–H and O–H groups in total. The van der Waals surface area contributed by atoms with E-state index in [9.17, 15) is 0 Å². The molecule has 0 aliphatic carbocycles. The first kappa shape index (κ1) is 23.0.